The molecule has 1 saturated carbocycles. The number of aliphatic imine (C=N–C) groups is 1. The molecule has 1 N–H and O–H groups in total. The predicted octanol–water partition coefficient (Wildman–Crippen LogP) is 1.33. The molecule has 0 aromatic rings. The molecule has 0 spiro atoms. The summed E-state index contributed by atoms with van der Waals surface area (Å²) in [4.78, 5) is 20.2. The number of nitrogens with zero attached hydrogens (tertiary/aromatic N) is 3. The monoisotopic (exact) mass is 292 g/mol. The van der Waals surface area contributed by atoms with Crippen molar-refractivity contribution in [2.24, 2.45) is 16.8 Å². The van der Waals surface area contributed by atoms with E-state index >= 15 is 0 Å². The standard InChI is InChI=1S/C16H28N4O/c1-4-9-17-16(18-10-15(21)19(2)3)20-11-13-7-5-6-8-14(13)12-20/h4,13-14H,1,5-12H2,2-3H3,(H,17,18). The third-order valence-electron chi connectivity index (χ3n) is 4.54. The minimum absolute atomic E-state index is 0.0320. The summed E-state index contributed by atoms with van der Waals surface area (Å²) in [5, 5.41) is 3.30. The lowest BCUT2D eigenvalue weighted by atomic mass is 9.82. The van der Waals surface area contributed by atoms with Crippen molar-refractivity contribution in [1.82, 2.24) is 15.1 Å². The summed E-state index contributed by atoms with van der Waals surface area (Å²) in [5.74, 6) is 2.50. The average molecular weight is 292 g/mol. The molecule has 2 rings (SSSR count). The van der Waals surface area contributed by atoms with Crippen molar-refractivity contribution in [3.8, 4) is 0 Å². The second-order valence-electron chi connectivity index (χ2n) is 6.31. The van der Waals surface area contributed by atoms with Gasteiger partial charge in [0.05, 0.1) is 0 Å². The number of guanidine groups is 1. The minimum Gasteiger partial charge on any atom is -0.353 e. The first-order valence-corrected chi connectivity index (χ1v) is 7.96. The van der Waals surface area contributed by atoms with Gasteiger partial charge >= 0.3 is 0 Å². The van der Waals surface area contributed by atoms with Crippen LogP contribution in [0.1, 0.15) is 25.7 Å². The first-order valence-electron chi connectivity index (χ1n) is 7.96. The zero-order valence-corrected chi connectivity index (χ0v) is 13.3. The lowest BCUT2D eigenvalue weighted by molar-refractivity contribution is -0.127. The molecular formula is C16H28N4O. The number of hydrogen-bond acceptors (Lipinski definition) is 2. The van der Waals surface area contributed by atoms with E-state index in [1.807, 2.05) is 6.08 Å². The van der Waals surface area contributed by atoms with Crippen molar-refractivity contribution in [1.29, 1.82) is 0 Å². The Labute approximate surface area is 128 Å². The van der Waals surface area contributed by atoms with Crippen LogP contribution in [-0.2, 0) is 4.79 Å². The number of likely N-dealkylation sites (N-methyl/N-ethyl adjacent to an activating group) is 1. The Morgan fingerprint density at radius 3 is 2.48 bits per heavy atom. The molecule has 1 aliphatic carbocycles. The van der Waals surface area contributed by atoms with Gasteiger partial charge in [0.2, 0.25) is 5.91 Å². The summed E-state index contributed by atoms with van der Waals surface area (Å²) in [5.41, 5.74) is 0. The number of nitrogens with one attached hydrogen (secondary N) is 1. The fourth-order valence-corrected chi connectivity index (χ4v) is 3.29. The summed E-state index contributed by atoms with van der Waals surface area (Å²) >= 11 is 0. The summed E-state index contributed by atoms with van der Waals surface area (Å²) in [6.07, 6.45) is 7.23. The average Bonchev–Trinajstić information content (AvgIpc) is 2.90. The van der Waals surface area contributed by atoms with Crippen molar-refractivity contribution in [3.05, 3.63) is 12.7 Å². The largest absolute Gasteiger partial charge is 0.353 e. The van der Waals surface area contributed by atoms with Crippen LogP contribution >= 0.6 is 0 Å². The van der Waals surface area contributed by atoms with Crippen molar-refractivity contribution in [3.63, 3.8) is 0 Å². The Morgan fingerprint density at radius 2 is 1.95 bits per heavy atom. The van der Waals surface area contributed by atoms with Gasteiger partial charge in [0, 0.05) is 33.7 Å². The van der Waals surface area contributed by atoms with E-state index in [0.29, 0.717) is 6.54 Å². The molecule has 0 radical (unpaired) electrons. The maximum absolute atomic E-state index is 11.7. The molecule has 118 valence electrons. The van der Waals surface area contributed by atoms with Crippen LogP contribution in [0.15, 0.2) is 17.6 Å². The molecule has 5 heteroatoms. The van der Waals surface area contributed by atoms with E-state index in [4.69, 9.17) is 0 Å². The van der Waals surface area contributed by atoms with Crippen LogP contribution < -0.4 is 5.32 Å². The fraction of sp³-hybridized carbons (Fsp3) is 0.750. The van der Waals surface area contributed by atoms with Crippen molar-refractivity contribution >= 4 is 11.9 Å². The third-order valence-corrected chi connectivity index (χ3v) is 4.54. The molecule has 2 fully saturated rings. The number of rotatable bonds is 4. The quantitative estimate of drug-likeness (QED) is 0.483. The third kappa shape index (κ3) is 4.22. The van der Waals surface area contributed by atoms with E-state index in [9.17, 15) is 4.79 Å². The Balaban J connectivity index is 2.00. The van der Waals surface area contributed by atoms with Crippen LogP contribution in [0.25, 0.3) is 0 Å². The van der Waals surface area contributed by atoms with Crippen LogP contribution in [0.4, 0.5) is 0 Å². The lowest BCUT2D eigenvalue weighted by Gasteiger charge is -2.22. The lowest BCUT2D eigenvalue weighted by Crippen LogP contribution is -2.41. The van der Waals surface area contributed by atoms with E-state index in [0.717, 1.165) is 30.9 Å². The second-order valence-corrected chi connectivity index (χ2v) is 6.31. The first kappa shape index (κ1) is 15.9. The van der Waals surface area contributed by atoms with E-state index in [1.54, 1.807) is 19.0 Å². The Bertz CT molecular complexity index is 391. The smallest absolute Gasteiger partial charge is 0.243 e. The molecule has 2 unspecified atom stereocenters. The Morgan fingerprint density at radius 1 is 1.33 bits per heavy atom. The molecular weight excluding hydrogens is 264 g/mol. The summed E-state index contributed by atoms with van der Waals surface area (Å²) < 4.78 is 0. The van der Waals surface area contributed by atoms with E-state index in [1.165, 1.54) is 25.7 Å². The molecule has 1 heterocycles. The molecule has 1 aliphatic heterocycles. The van der Waals surface area contributed by atoms with Gasteiger partial charge in [-0.25, -0.2) is 4.99 Å². The zero-order valence-electron chi connectivity index (χ0n) is 13.3. The van der Waals surface area contributed by atoms with Crippen molar-refractivity contribution in [2.75, 3.05) is 40.3 Å². The highest BCUT2D eigenvalue weighted by Gasteiger charge is 2.35. The number of amides is 1. The van der Waals surface area contributed by atoms with E-state index < -0.39 is 0 Å². The summed E-state index contributed by atoms with van der Waals surface area (Å²) in [6, 6.07) is 0. The van der Waals surface area contributed by atoms with Gasteiger partial charge in [0.15, 0.2) is 5.96 Å². The highest BCUT2D eigenvalue weighted by molar-refractivity contribution is 5.85. The molecule has 5 nitrogen and oxygen atoms in total. The first-order chi connectivity index (χ1) is 10.1. The summed E-state index contributed by atoms with van der Waals surface area (Å²) in [6.45, 7) is 6.78. The predicted molar refractivity (Wildman–Crippen MR) is 86.2 cm³/mol. The normalized spacial score (nSPS) is 25.4. The van der Waals surface area contributed by atoms with E-state index in [-0.39, 0.29) is 12.5 Å². The van der Waals surface area contributed by atoms with Gasteiger partial charge in [-0.15, -0.1) is 6.58 Å². The second kappa shape index (κ2) is 7.48. The number of fused-ring (bicyclic) bond motifs is 1. The zero-order chi connectivity index (χ0) is 15.2. The maximum Gasteiger partial charge on any atom is 0.243 e. The number of carbonyl (C=O) groups excluding carboxylic acids is 1. The maximum atomic E-state index is 11.7. The molecule has 0 bridgehead atoms. The Hall–Kier alpha value is -1.52. The van der Waals surface area contributed by atoms with Crippen LogP contribution in [0.3, 0.4) is 0 Å². The molecule has 1 amide bonds. The van der Waals surface area contributed by atoms with Gasteiger partial charge in [0.25, 0.3) is 0 Å². The molecule has 2 atom stereocenters. The summed E-state index contributed by atoms with van der Waals surface area (Å²) in [7, 11) is 3.53. The van der Waals surface area contributed by atoms with Gasteiger partial charge < -0.3 is 15.1 Å². The van der Waals surface area contributed by atoms with Gasteiger partial charge in [0.1, 0.15) is 6.54 Å². The Kier molecular flexibility index (Phi) is 5.65. The molecule has 2 aliphatic rings. The molecule has 21 heavy (non-hydrogen) atoms. The number of carbonyl (C=O) groups is 1. The van der Waals surface area contributed by atoms with Gasteiger partial charge in [-0.2, -0.15) is 0 Å². The molecule has 0 aromatic carbocycles. The van der Waals surface area contributed by atoms with Crippen LogP contribution in [0.2, 0.25) is 0 Å². The van der Waals surface area contributed by atoms with Crippen LogP contribution in [0.5, 0.6) is 0 Å². The number of likely N-dealkylation sites (tertiary alicyclic amines) is 1. The molecule has 1 saturated heterocycles. The molecule has 0 aromatic heterocycles. The SMILES string of the molecule is C=CCNC(=NCC(=O)N(C)C)N1CC2CCCCC2C1. The van der Waals surface area contributed by atoms with Gasteiger partial charge in [-0.1, -0.05) is 18.9 Å². The van der Waals surface area contributed by atoms with Gasteiger partial charge in [-0.05, 0) is 24.7 Å². The van der Waals surface area contributed by atoms with E-state index in [2.05, 4.69) is 21.8 Å². The van der Waals surface area contributed by atoms with Crippen molar-refractivity contribution in [2.45, 2.75) is 25.7 Å². The highest BCUT2D eigenvalue weighted by Crippen LogP contribution is 2.35. The number of hydrogen-bond donors (Lipinski definition) is 1. The van der Waals surface area contributed by atoms with Gasteiger partial charge in [-0.3, -0.25) is 4.79 Å². The topological polar surface area (TPSA) is 47.9 Å². The minimum atomic E-state index is 0.0320. The fourth-order valence-electron chi connectivity index (χ4n) is 3.29. The van der Waals surface area contributed by atoms with Crippen LogP contribution in [-0.4, -0.2) is 61.9 Å². The van der Waals surface area contributed by atoms with Crippen LogP contribution in [0, 0.1) is 11.8 Å². The highest BCUT2D eigenvalue weighted by atomic mass is 16.2. The van der Waals surface area contributed by atoms with Crippen molar-refractivity contribution < 1.29 is 4.79 Å².